The summed E-state index contributed by atoms with van der Waals surface area (Å²) in [4.78, 5) is 4.29. The number of aryl methyl sites for hydroxylation is 1. The van der Waals surface area contributed by atoms with Crippen LogP contribution in [-0.4, -0.2) is 20.3 Å². The third-order valence-electron chi connectivity index (χ3n) is 3.21. The number of hydrogen-bond donors (Lipinski definition) is 1. The Balaban J connectivity index is 2.06. The van der Waals surface area contributed by atoms with Crippen LogP contribution in [0.15, 0.2) is 30.6 Å². The molecule has 0 amide bonds. The number of nitrogens with zero attached hydrogens (tertiary/aromatic N) is 3. The number of halogens is 1. The van der Waals surface area contributed by atoms with Crippen LogP contribution in [0.5, 0.6) is 0 Å². The first kappa shape index (κ1) is 14.7. The maximum atomic E-state index is 12.9. The van der Waals surface area contributed by atoms with Crippen LogP contribution in [0.3, 0.4) is 0 Å². The maximum absolute atomic E-state index is 12.9. The number of hydrogen-bond acceptors (Lipinski definition) is 3. The van der Waals surface area contributed by atoms with Crippen LogP contribution < -0.4 is 5.73 Å². The van der Waals surface area contributed by atoms with Gasteiger partial charge >= 0.3 is 0 Å². The van der Waals surface area contributed by atoms with E-state index in [0.29, 0.717) is 12.8 Å². The summed E-state index contributed by atoms with van der Waals surface area (Å²) in [7, 11) is 0. The van der Waals surface area contributed by atoms with Crippen LogP contribution in [0.4, 0.5) is 4.39 Å². The van der Waals surface area contributed by atoms with Gasteiger partial charge in [-0.25, -0.2) is 9.37 Å². The molecule has 0 saturated carbocycles. The highest BCUT2D eigenvalue weighted by molar-refractivity contribution is 5.19. The standard InChI is InChI=1S/C15H21FN4/c1-3-8-20-14(18-11-19-20)10-15(2,17)9-12-4-6-13(16)7-5-12/h4-7,11H,3,8-10,17H2,1-2H3. The molecule has 0 spiro atoms. The zero-order valence-corrected chi connectivity index (χ0v) is 12.0. The van der Waals surface area contributed by atoms with Gasteiger partial charge in [0.05, 0.1) is 0 Å². The van der Waals surface area contributed by atoms with Crippen LogP contribution in [0.2, 0.25) is 0 Å². The van der Waals surface area contributed by atoms with Gasteiger partial charge < -0.3 is 5.73 Å². The lowest BCUT2D eigenvalue weighted by molar-refractivity contribution is 0.431. The molecule has 0 radical (unpaired) electrons. The second-order valence-electron chi connectivity index (χ2n) is 5.53. The van der Waals surface area contributed by atoms with E-state index in [4.69, 9.17) is 5.73 Å². The van der Waals surface area contributed by atoms with Gasteiger partial charge in [-0.15, -0.1) is 0 Å². The fourth-order valence-corrected chi connectivity index (χ4v) is 2.32. The summed E-state index contributed by atoms with van der Waals surface area (Å²) in [6.45, 7) is 4.94. The van der Waals surface area contributed by atoms with Crippen molar-refractivity contribution < 1.29 is 4.39 Å². The molecule has 0 bridgehead atoms. The first-order chi connectivity index (χ1) is 9.50. The van der Waals surface area contributed by atoms with Crippen molar-refractivity contribution in [3.05, 3.63) is 47.8 Å². The SMILES string of the molecule is CCCn1ncnc1CC(C)(N)Cc1ccc(F)cc1. The van der Waals surface area contributed by atoms with Gasteiger partial charge in [-0.3, -0.25) is 4.68 Å². The molecule has 108 valence electrons. The van der Waals surface area contributed by atoms with Crippen LogP contribution in [0.25, 0.3) is 0 Å². The molecule has 20 heavy (non-hydrogen) atoms. The van der Waals surface area contributed by atoms with Crippen LogP contribution in [0, 0.1) is 5.82 Å². The molecule has 0 aliphatic heterocycles. The second kappa shape index (κ2) is 6.13. The molecule has 4 nitrogen and oxygen atoms in total. The number of rotatable bonds is 6. The number of nitrogens with two attached hydrogens (primary N) is 1. The van der Waals surface area contributed by atoms with Gasteiger partial charge in [-0.05, 0) is 37.5 Å². The average molecular weight is 276 g/mol. The summed E-state index contributed by atoms with van der Waals surface area (Å²) in [5.41, 5.74) is 6.96. The van der Waals surface area contributed by atoms with Gasteiger partial charge in [0, 0.05) is 18.5 Å². The molecule has 2 N–H and O–H groups in total. The first-order valence-corrected chi connectivity index (χ1v) is 6.90. The third kappa shape index (κ3) is 3.87. The summed E-state index contributed by atoms with van der Waals surface area (Å²) < 4.78 is 14.8. The Morgan fingerprint density at radius 3 is 2.60 bits per heavy atom. The number of aromatic nitrogens is 3. The molecule has 0 saturated heterocycles. The fourth-order valence-electron chi connectivity index (χ4n) is 2.32. The van der Waals surface area contributed by atoms with Gasteiger partial charge in [-0.2, -0.15) is 5.10 Å². The van der Waals surface area contributed by atoms with E-state index in [1.807, 2.05) is 11.6 Å². The van der Waals surface area contributed by atoms with E-state index in [0.717, 1.165) is 24.4 Å². The molecule has 1 atom stereocenters. The third-order valence-corrected chi connectivity index (χ3v) is 3.21. The Labute approximate surface area is 118 Å². The Bertz CT molecular complexity index is 545. The van der Waals surface area contributed by atoms with Gasteiger partial charge in [0.25, 0.3) is 0 Å². The predicted octanol–water partition coefficient (Wildman–Crippen LogP) is 2.33. The Hall–Kier alpha value is -1.75. The predicted molar refractivity (Wildman–Crippen MR) is 76.7 cm³/mol. The molecule has 2 rings (SSSR count). The lowest BCUT2D eigenvalue weighted by Gasteiger charge is -2.24. The molecular formula is C15H21FN4. The maximum Gasteiger partial charge on any atom is 0.138 e. The second-order valence-corrected chi connectivity index (χ2v) is 5.53. The minimum absolute atomic E-state index is 0.227. The van der Waals surface area contributed by atoms with Crippen LogP contribution in [-0.2, 0) is 19.4 Å². The Morgan fingerprint density at radius 2 is 1.95 bits per heavy atom. The Morgan fingerprint density at radius 1 is 1.25 bits per heavy atom. The zero-order chi connectivity index (χ0) is 14.6. The number of benzene rings is 1. The molecule has 5 heteroatoms. The van der Waals surface area contributed by atoms with E-state index >= 15 is 0 Å². The topological polar surface area (TPSA) is 56.7 Å². The van der Waals surface area contributed by atoms with Gasteiger partial charge in [0.1, 0.15) is 18.0 Å². The zero-order valence-electron chi connectivity index (χ0n) is 12.0. The van der Waals surface area contributed by atoms with E-state index in [-0.39, 0.29) is 5.82 Å². The highest BCUT2D eigenvalue weighted by Crippen LogP contribution is 2.16. The van der Waals surface area contributed by atoms with Gasteiger partial charge in [0.2, 0.25) is 0 Å². The monoisotopic (exact) mass is 276 g/mol. The van der Waals surface area contributed by atoms with Gasteiger partial charge in [0.15, 0.2) is 0 Å². The van der Waals surface area contributed by atoms with Crippen molar-refractivity contribution in [1.82, 2.24) is 14.8 Å². The van der Waals surface area contributed by atoms with E-state index in [2.05, 4.69) is 17.0 Å². The highest BCUT2D eigenvalue weighted by Gasteiger charge is 2.22. The minimum Gasteiger partial charge on any atom is -0.325 e. The molecule has 1 heterocycles. The molecule has 2 aromatic rings. The fraction of sp³-hybridized carbons (Fsp3) is 0.467. The lowest BCUT2D eigenvalue weighted by atomic mass is 9.90. The van der Waals surface area contributed by atoms with Crippen LogP contribution >= 0.6 is 0 Å². The molecule has 1 aromatic carbocycles. The first-order valence-electron chi connectivity index (χ1n) is 6.90. The average Bonchev–Trinajstić information content (AvgIpc) is 2.79. The molecule has 1 aromatic heterocycles. The van der Waals surface area contributed by atoms with Crippen molar-refractivity contribution in [3.8, 4) is 0 Å². The summed E-state index contributed by atoms with van der Waals surface area (Å²) in [5.74, 6) is 0.675. The van der Waals surface area contributed by atoms with E-state index < -0.39 is 5.54 Å². The molecule has 0 aliphatic carbocycles. The minimum atomic E-state index is -0.434. The van der Waals surface area contributed by atoms with Gasteiger partial charge in [-0.1, -0.05) is 19.1 Å². The van der Waals surface area contributed by atoms with E-state index in [9.17, 15) is 4.39 Å². The van der Waals surface area contributed by atoms with E-state index in [1.54, 1.807) is 18.5 Å². The normalized spacial score (nSPS) is 14.2. The van der Waals surface area contributed by atoms with Crippen molar-refractivity contribution in [3.63, 3.8) is 0 Å². The smallest absolute Gasteiger partial charge is 0.138 e. The summed E-state index contributed by atoms with van der Waals surface area (Å²) in [6, 6.07) is 6.48. The van der Waals surface area contributed by atoms with Crippen molar-refractivity contribution in [2.75, 3.05) is 0 Å². The molecule has 0 aliphatic rings. The lowest BCUT2D eigenvalue weighted by Crippen LogP contribution is -2.41. The largest absolute Gasteiger partial charge is 0.325 e. The van der Waals surface area contributed by atoms with Crippen molar-refractivity contribution >= 4 is 0 Å². The van der Waals surface area contributed by atoms with Crippen LogP contribution in [0.1, 0.15) is 31.7 Å². The molecule has 1 unspecified atom stereocenters. The quantitative estimate of drug-likeness (QED) is 0.881. The highest BCUT2D eigenvalue weighted by atomic mass is 19.1. The van der Waals surface area contributed by atoms with Crippen molar-refractivity contribution in [2.45, 2.75) is 45.2 Å². The van der Waals surface area contributed by atoms with Crippen molar-refractivity contribution in [1.29, 1.82) is 0 Å². The summed E-state index contributed by atoms with van der Waals surface area (Å²) >= 11 is 0. The van der Waals surface area contributed by atoms with Crippen molar-refractivity contribution in [2.24, 2.45) is 5.73 Å². The molecule has 0 fully saturated rings. The van der Waals surface area contributed by atoms with E-state index in [1.165, 1.54) is 12.1 Å². The Kier molecular flexibility index (Phi) is 4.49. The molecular weight excluding hydrogens is 255 g/mol. The summed E-state index contributed by atoms with van der Waals surface area (Å²) in [6.07, 6.45) is 3.89. The summed E-state index contributed by atoms with van der Waals surface area (Å²) in [5, 5.41) is 4.21.